The normalized spacial score (nSPS) is 25.5. The molecule has 2 fully saturated rings. The van der Waals surface area contributed by atoms with Crippen LogP contribution in [0.5, 0.6) is 0 Å². The van der Waals surface area contributed by atoms with Gasteiger partial charge in [0.1, 0.15) is 24.4 Å². The molecule has 2 saturated heterocycles. The Morgan fingerprint density at radius 2 is 1.32 bits per heavy atom. The lowest BCUT2D eigenvalue weighted by Gasteiger charge is -2.14. The van der Waals surface area contributed by atoms with Crippen LogP contribution in [0.15, 0.2) is 12.2 Å². The lowest BCUT2D eigenvalue weighted by Crippen LogP contribution is -2.24. The molecule has 0 saturated carbocycles. The molecule has 6 nitrogen and oxygen atoms in total. The molecule has 0 amide bonds. The van der Waals surface area contributed by atoms with Gasteiger partial charge in [0.2, 0.25) is 0 Å². The summed E-state index contributed by atoms with van der Waals surface area (Å²) in [6, 6.07) is 0. The van der Waals surface area contributed by atoms with Crippen molar-refractivity contribution in [2.24, 2.45) is 0 Å². The largest absolute Gasteiger partial charge is 0.456 e. The lowest BCUT2D eigenvalue weighted by atomic mass is 10.1. The van der Waals surface area contributed by atoms with E-state index in [1.54, 1.807) is 0 Å². The molecule has 2 rings (SSSR count). The van der Waals surface area contributed by atoms with Gasteiger partial charge < -0.3 is 18.9 Å². The van der Waals surface area contributed by atoms with E-state index >= 15 is 0 Å². The molecular formula is C16H24O6. The number of hydrogen-bond donors (Lipinski definition) is 0. The summed E-state index contributed by atoms with van der Waals surface area (Å²) in [7, 11) is 0. The van der Waals surface area contributed by atoms with Gasteiger partial charge in [0.05, 0.1) is 13.2 Å². The third-order valence-electron chi connectivity index (χ3n) is 3.58. The van der Waals surface area contributed by atoms with Gasteiger partial charge in [-0.05, 0) is 12.8 Å². The number of ether oxygens (including phenoxy) is 4. The van der Waals surface area contributed by atoms with Crippen LogP contribution in [-0.4, -0.2) is 49.6 Å². The topological polar surface area (TPSA) is 77.7 Å². The van der Waals surface area contributed by atoms with E-state index in [0.29, 0.717) is 13.2 Å². The van der Waals surface area contributed by atoms with Crippen molar-refractivity contribution in [3.63, 3.8) is 0 Å². The van der Waals surface area contributed by atoms with Gasteiger partial charge in [-0.3, -0.25) is 0 Å². The van der Waals surface area contributed by atoms with Crippen molar-refractivity contribution in [2.45, 2.75) is 63.9 Å². The van der Waals surface area contributed by atoms with E-state index in [2.05, 4.69) is 0 Å². The molecule has 4 unspecified atom stereocenters. The van der Waals surface area contributed by atoms with E-state index < -0.39 is 11.9 Å². The van der Waals surface area contributed by atoms with Gasteiger partial charge in [-0.25, -0.2) is 9.59 Å². The third-order valence-corrected chi connectivity index (χ3v) is 3.58. The second kappa shape index (κ2) is 8.29. The van der Waals surface area contributed by atoms with E-state index in [4.69, 9.17) is 18.9 Å². The fourth-order valence-electron chi connectivity index (χ4n) is 2.26. The standard InChI is InChI=1S/C16H24O6/c1-3-5-11(13-9-19-13)21-15(17)7-8-16(18)22-12(6-4-2)14-10-20-14/h7-8,11-14H,3-6,9-10H2,1-2H3/b8-7-. The molecule has 0 aliphatic carbocycles. The highest BCUT2D eigenvalue weighted by atomic mass is 16.6. The van der Waals surface area contributed by atoms with Crippen LogP contribution in [0.4, 0.5) is 0 Å². The monoisotopic (exact) mass is 312 g/mol. The van der Waals surface area contributed by atoms with Crippen molar-refractivity contribution in [1.82, 2.24) is 0 Å². The Morgan fingerprint density at radius 1 is 0.955 bits per heavy atom. The fourth-order valence-corrected chi connectivity index (χ4v) is 2.26. The van der Waals surface area contributed by atoms with Crippen molar-refractivity contribution in [3.8, 4) is 0 Å². The molecule has 22 heavy (non-hydrogen) atoms. The maximum atomic E-state index is 11.7. The molecule has 124 valence electrons. The Bertz CT molecular complexity index is 373. The van der Waals surface area contributed by atoms with E-state index in [9.17, 15) is 9.59 Å². The Balaban J connectivity index is 1.74. The molecule has 2 aliphatic rings. The molecule has 0 bridgehead atoms. The van der Waals surface area contributed by atoms with Gasteiger partial charge >= 0.3 is 11.9 Å². The van der Waals surface area contributed by atoms with Crippen molar-refractivity contribution in [2.75, 3.05) is 13.2 Å². The van der Waals surface area contributed by atoms with Crippen LogP contribution in [0.1, 0.15) is 39.5 Å². The first-order valence-corrected chi connectivity index (χ1v) is 7.96. The summed E-state index contributed by atoms with van der Waals surface area (Å²) < 4.78 is 20.9. The number of epoxide rings is 2. The number of carbonyl (C=O) groups excluding carboxylic acids is 2. The summed E-state index contributed by atoms with van der Waals surface area (Å²) in [5, 5.41) is 0. The van der Waals surface area contributed by atoms with Crippen molar-refractivity contribution >= 4 is 11.9 Å². The van der Waals surface area contributed by atoms with Gasteiger partial charge in [-0.1, -0.05) is 26.7 Å². The highest BCUT2D eigenvalue weighted by molar-refractivity contribution is 5.91. The minimum Gasteiger partial charge on any atom is -0.456 e. The predicted molar refractivity (Wildman–Crippen MR) is 78.2 cm³/mol. The first-order chi connectivity index (χ1) is 10.6. The Labute approximate surface area is 130 Å². The summed E-state index contributed by atoms with van der Waals surface area (Å²) in [5.41, 5.74) is 0. The highest BCUT2D eigenvalue weighted by Crippen LogP contribution is 2.22. The van der Waals surface area contributed by atoms with Crippen LogP contribution in [0.2, 0.25) is 0 Å². The van der Waals surface area contributed by atoms with Crippen molar-refractivity contribution in [3.05, 3.63) is 12.2 Å². The van der Waals surface area contributed by atoms with Crippen LogP contribution >= 0.6 is 0 Å². The second-order valence-corrected chi connectivity index (χ2v) is 5.60. The Hall–Kier alpha value is -1.40. The SMILES string of the molecule is CCCC(OC(=O)/C=C\C(=O)OC(CCC)C1CO1)C1CO1. The molecule has 6 heteroatoms. The van der Waals surface area contributed by atoms with Crippen LogP contribution in [0.3, 0.4) is 0 Å². The van der Waals surface area contributed by atoms with Crippen LogP contribution in [-0.2, 0) is 28.5 Å². The molecule has 0 aromatic heterocycles. The first-order valence-electron chi connectivity index (χ1n) is 7.96. The summed E-state index contributed by atoms with van der Waals surface area (Å²) in [5.74, 6) is -1.08. The molecule has 2 heterocycles. The van der Waals surface area contributed by atoms with Crippen LogP contribution in [0, 0.1) is 0 Å². The van der Waals surface area contributed by atoms with E-state index in [1.807, 2.05) is 13.8 Å². The van der Waals surface area contributed by atoms with Gasteiger partial charge in [-0.2, -0.15) is 0 Å². The van der Waals surface area contributed by atoms with Gasteiger partial charge in [0.25, 0.3) is 0 Å². The Morgan fingerprint density at radius 3 is 1.59 bits per heavy atom. The zero-order valence-corrected chi connectivity index (χ0v) is 13.2. The van der Waals surface area contributed by atoms with Gasteiger partial charge in [0, 0.05) is 12.2 Å². The van der Waals surface area contributed by atoms with E-state index in [-0.39, 0.29) is 24.4 Å². The quantitative estimate of drug-likeness (QED) is 0.347. The summed E-state index contributed by atoms with van der Waals surface area (Å²) in [4.78, 5) is 23.5. The number of hydrogen-bond acceptors (Lipinski definition) is 6. The second-order valence-electron chi connectivity index (χ2n) is 5.60. The molecule has 0 spiro atoms. The maximum absolute atomic E-state index is 11.7. The van der Waals surface area contributed by atoms with Crippen molar-refractivity contribution < 1.29 is 28.5 Å². The molecule has 0 aromatic carbocycles. The summed E-state index contributed by atoms with van der Waals surface area (Å²) >= 11 is 0. The van der Waals surface area contributed by atoms with E-state index in [0.717, 1.165) is 37.8 Å². The summed E-state index contributed by atoms with van der Waals surface area (Å²) in [6.45, 7) is 5.29. The zero-order valence-electron chi connectivity index (χ0n) is 13.2. The minimum absolute atomic E-state index is 0.00482. The van der Waals surface area contributed by atoms with Crippen LogP contribution in [0.25, 0.3) is 0 Å². The summed E-state index contributed by atoms with van der Waals surface area (Å²) in [6.07, 6.45) is 5.10. The zero-order chi connectivity index (χ0) is 15.9. The molecular weight excluding hydrogens is 288 g/mol. The number of carbonyl (C=O) groups is 2. The average Bonchev–Trinajstić information content (AvgIpc) is 3.37. The number of rotatable bonds is 10. The van der Waals surface area contributed by atoms with Gasteiger partial charge in [0.15, 0.2) is 0 Å². The molecule has 0 radical (unpaired) electrons. The van der Waals surface area contributed by atoms with Gasteiger partial charge in [-0.15, -0.1) is 0 Å². The highest BCUT2D eigenvalue weighted by Gasteiger charge is 2.35. The molecule has 0 N–H and O–H groups in total. The third kappa shape index (κ3) is 5.77. The Kier molecular flexibility index (Phi) is 6.39. The van der Waals surface area contributed by atoms with E-state index in [1.165, 1.54) is 0 Å². The lowest BCUT2D eigenvalue weighted by molar-refractivity contribution is -0.147. The average molecular weight is 312 g/mol. The number of esters is 2. The predicted octanol–water partition coefficient (Wildman–Crippen LogP) is 1.76. The molecule has 0 aromatic rings. The smallest absolute Gasteiger partial charge is 0.331 e. The van der Waals surface area contributed by atoms with Crippen LogP contribution < -0.4 is 0 Å². The first kappa shape index (κ1) is 17.0. The maximum Gasteiger partial charge on any atom is 0.331 e. The molecule has 4 atom stereocenters. The fraction of sp³-hybridized carbons (Fsp3) is 0.750. The molecule has 2 aliphatic heterocycles. The minimum atomic E-state index is -0.541. The van der Waals surface area contributed by atoms with Crippen molar-refractivity contribution in [1.29, 1.82) is 0 Å².